The first-order valence-electron chi connectivity index (χ1n) is 6.00. The van der Waals surface area contributed by atoms with Crippen molar-refractivity contribution in [1.29, 1.82) is 0 Å². The van der Waals surface area contributed by atoms with Crippen LogP contribution in [-0.2, 0) is 4.79 Å². The molecular formula is C13H16N2O5. The van der Waals surface area contributed by atoms with Gasteiger partial charge in [-0.05, 0) is 24.6 Å². The van der Waals surface area contributed by atoms with E-state index in [1.165, 1.54) is 12.1 Å². The van der Waals surface area contributed by atoms with E-state index in [9.17, 15) is 14.4 Å². The summed E-state index contributed by atoms with van der Waals surface area (Å²) >= 11 is 0. The van der Waals surface area contributed by atoms with Crippen molar-refractivity contribution in [3.05, 3.63) is 29.3 Å². The summed E-state index contributed by atoms with van der Waals surface area (Å²) in [6.07, 6.45) is 0.708. The molecule has 1 unspecified atom stereocenters. The Morgan fingerprint density at radius 2 is 1.65 bits per heavy atom. The molecule has 0 saturated carbocycles. The topological polar surface area (TPSA) is 130 Å². The van der Waals surface area contributed by atoms with E-state index in [2.05, 4.69) is 5.32 Å². The Hall–Kier alpha value is -2.41. The summed E-state index contributed by atoms with van der Waals surface area (Å²) < 4.78 is 0. The maximum atomic E-state index is 11.7. The summed E-state index contributed by atoms with van der Waals surface area (Å²) in [7, 11) is 0. The summed E-state index contributed by atoms with van der Waals surface area (Å²) in [5.74, 6) is -2.93. The Labute approximate surface area is 115 Å². The molecule has 0 saturated heterocycles. The Balaban J connectivity index is 2.97. The van der Waals surface area contributed by atoms with Crippen LogP contribution in [0.1, 0.15) is 40.5 Å². The van der Waals surface area contributed by atoms with Gasteiger partial charge in [0.1, 0.15) is 0 Å². The number of carbonyl (C=O) groups excluding carboxylic acids is 1. The number of anilines is 1. The number of benzene rings is 1. The third kappa shape index (κ3) is 4.36. The molecule has 0 aromatic heterocycles. The molecule has 1 aromatic rings. The molecule has 1 rings (SSSR count). The summed E-state index contributed by atoms with van der Waals surface area (Å²) in [6.45, 7) is 1.84. The number of carboxylic acids is 2. The standard InChI is InChI=1S/C13H16N2O5/c1-2-9(14)6-11(16)15-10-4-7(12(17)18)3-8(5-10)13(19)20/h3-5,9H,2,6,14H2,1H3,(H,15,16)(H,17,18)(H,19,20). The molecule has 7 heteroatoms. The van der Waals surface area contributed by atoms with E-state index < -0.39 is 17.8 Å². The highest BCUT2D eigenvalue weighted by Crippen LogP contribution is 2.16. The number of carboxylic acid groups (broad SMARTS) is 2. The van der Waals surface area contributed by atoms with E-state index in [4.69, 9.17) is 15.9 Å². The molecule has 0 aliphatic heterocycles. The first-order valence-corrected chi connectivity index (χ1v) is 6.00. The van der Waals surface area contributed by atoms with Crippen LogP contribution in [0.25, 0.3) is 0 Å². The first-order chi connectivity index (χ1) is 9.33. The van der Waals surface area contributed by atoms with E-state index >= 15 is 0 Å². The fraction of sp³-hybridized carbons (Fsp3) is 0.308. The Morgan fingerprint density at radius 1 is 1.15 bits per heavy atom. The molecule has 20 heavy (non-hydrogen) atoms. The molecule has 0 spiro atoms. The van der Waals surface area contributed by atoms with Crippen LogP contribution < -0.4 is 11.1 Å². The van der Waals surface area contributed by atoms with Crippen LogP contribution >= 0.6 is 0 Å². The van der Waals surface area contributed by atoms with Gasteiger partial charge in [-0.2, -0.15) is 0 Å². The number of rotatable bonds is 6. The second-order valence-corrected chi connectivity index (χ2v) is 4.33. The van der Waals surface area contributed by atoms with Gasteiger partial charge in [0.05, 0.1) is 11.1 Å². The van der Waals surface area contributed by atoms with E-state index in [-0.39, 0.29) is 29.3 Å². The minimum absolute atomic E-state index is 0.0796. The monoisotopic (exact) mass is 280 g/mol. The molecule has 1 amide bonds. The highest BCUT2D eigenvalue weighted by atomic mass is 16.4. The predicted molar refractivity (Wildman–Crippen MR) is 71.9 cm³/mol. The van der Waals surface area contributed by atoms with Gasteiger partial charge in [0.2, 0.25) is 5.91 Å². The van der Waals surface area contributed by atoms with Gasteiger partial charge in [-0.15, -0.1) is 0 Å². The molecule has 1 atom stereocenters. The summed E-state index contributed by atoms with van der Waals surface area (Å²) in [5, 5.41) is 20.3. The average molecular weight is 280 g/mol. The van der Waals surface area contributed by atoms with Crippen LogP contribution in [0, 0.1) is 0 Å². The molecule has 5 N–H and O–H groups in total. The lowest BCUT2D eigenvalue weighted by molar-refractivity contribution is -0.116. The maximum absolute atomic E-state index is 11.7. The van der Waals surface area contributed by atoms with E-state index in [0.717, 1.165) is 6.07 Å². The molecule has 0 aliphatic carbocycles. The molecule has 0 bridgehead atoms. The van der Waals surface area contributed by atoms with Crippen molar-refractivity contribution in [2.45, 2.75) is 25.8 Å². The number of hydrogen-bond donors (Lipinski definition) is 4. The lowest BCUT2D eigenvalue weighted by Gasteiger charge is -2.10. The van der Waals surface area contributed by atoms with Gasteiger partial charge in [-0.3, -0.25) is 4.79 Å². The molecule has 0 aliphatic rings. The third-order valence-corrected chi connectivity index (χ3v) is 2.68. The number of nitrogens with one attached hydrogen (secondary N) is 1. The number of carbonyl (C=O) groups is 3. The maximum Gasteiger partial charge on any atom is 0.335 e. The van der Waals surface area contributed by atoms with E-state index in [1.807, 2.05) is 6.92 Å². The summed E-state index contributed by atoms with van der Waals surface area (Å²) in [4.78, 5) is 33.5. The predicted octanol–water partition coefficient (Wildman–Crippen LogP) is 1.15. The highest BCUT2D eigenvalue weighted by Gasteiger charge is 2.14. The Bertz CT molecular complexity index is 509. The molecule has 1 aromatic carbocycles. The number of hydrogen-bond acceptors (Lipinski definition) is 4. The SMILES string of the molecule is CCC(N)CC(=O)Nc1cc(C(=O)O)cc(C(=O)O)c1. The molecule has 108 valence electrons. The molecular weight excluding hydrogens is 264 g/mol. The molecule has 0 fully saturated rings. The van der Waals surface area contributed by atoms with Gasteiger partial charge in [-0.25, -0.2) is 9.59 Å². The quantitative estimate of drug-likeness (QED) is 0.618. The fourth-order valence-electron chi connectivity index (χ4n) is 1.54. The van der Waals surface area contributed by atoms with Gasteiger partial charge >= 0.3 is 11.9 Å². The largest absolute Gasteiger partial charge is 0.478 e. The Kier molecular flexibility index (Phi) is 5.22. The van der Waals surface area contributed by atoms with Crippen LogP contribution in [0.15, 0.2) is 18.2 Å². The van der Waals surface area contributed by atoms with Crippen LogP contribution in [0.5, 0.6) is 0 Å². The fourth-order valence-corrected chi connectivity index (χ4v) is 1.54. The van der Waals surface area contributed by atoms with Crippen LogP contribution in [-0.4, -0.2) is 34.1 Å². The molecule has 7 nitrogen and oxygen atoms in total. The average Bonchev–Trinajstić information content (AvgIpc) is 2.37. The van der Waals surface area contributed by atoms with Gasteiger partial charge in [0, 0.05) is 18.2 Å². The third-order valence-electron chi connectivity index (χ3n) is 2.68. The van der Waals surface area contributed by atoms with Gasteiger partial charge < -0.3 is 21.3 Å². The van der Waals surface area contributed by atoms with Crippen LogP contribution in [0.2, 0.25) is 0 Å². The Morgan fingerprint density at radius 3 is 2.05 bits per heavy atom. The van der Waals surface area contributed by atoms with Crippen molar-refractivity contribution < 1.29 is 24.6 Å². The van der Waals surface area contributed by atoms with Crippen LogP contribution in [0.3, 0.4) is 0 Å². The van der Waals surface area contributed by atoms with Crippen molar-refractivity contribution >= 4 is 23.5 Å². The zero-order chi connectivity index (χ0) is 15.3. The van der Waals surface area contributed by atoms with Gasteiger partial charge in [-0.1, -0.05) is 6.92 Å². The van der Waals surface area contributed by atoms with Crippen molar-refractivity contribution in [3.63, 3.8) is 0 Å². The minimum atomic E-state index is -1.27. The number of aromatic carboxylic acids is 2. The van der Waals surface area contributed by atoms with Crippen molar-refractivity contribution in [3.8, 4) is 0 Å². The van der Waals surface area contributed by atoms with Gasteiger partial charge in [0.15, 0.2) is 0 Å². The first kappa shape index (κ1) is 15.6. The summed E-state index contributed by atoms with van der Waals surface area (Å²) in [5.41, 5.74) is 5.34. The van der Waals surface area contributed by atoms with Crippen molar-refractivity contribution in [1.82, 2.24) is 0 Å². The number of nitrogens with two attached hydrogens (primary N) is 1. The lowest BCUT2D eigenvalue weighted by Crippen LogP contribution is -2.26. The summed E-state index contributed by atoms with van der Waals surface area (Å²) in [6, 6.07) is 3.13. The van der Waals surface area contributed by atoms with E-state index in [0.29, 0.717) is 6.42 Å². The van der Waals surface area contributed by atoms with Gasteiger partial charge in [0.25, 0.3) is 0 Å². The zero-order valence-electron chi connectivity index (χ0n) is 10.9. The molecule has 0 heterocycles. The highest BCUT2D eigenvalue weighted by molar-refractivity contribution is 5.98. The van der Waals surface area contributed by atoms with Crippen molar-refractivity contribution in [2.24, 2.45) is 5.73 Å². The lowest BCUT2D eigenvalue weighted by atomic mass is 10.1. The number of amides is 1. The molecule has 0 radical (unpaired) electrons. The zero-order valence-corrected chi connectivity index (χ0v) is 10.9. The van der Waals surface area contributed by atoms with E-state index in [1.54, 1.807) is 0 Å². The smallest absolute Gasteiger partial charge is 0.335 e. The van der Waals surface area contributed by atoms with Crippen LogP contribution in [0.4, 0.5) is 5.69 Å². The second kappa shape index (κ2) is 6.67. The normalized spacial score (nSPS) is 11.7. The minimum Gasteiger partial charge on any atom is -0.478 e. The second-order valence-electron chi connectivity index (χ2n) is 4.33. The van der Waals surface area contributed by atoms with Crippen molar-refractivity contribution in [2.75, 3.05) is 5.32 Å².